The van der Waals surface area contributed by atoms with Crippen LogP contribution in [0.25, 0.3) is 28.3 Å². The summed E-state index contributed by atoms with van der Waals surface area (Å²) >= 11 is 0. The summed E-state index contributed by atoms with van der Waals surface area (Å²) in [5, 5.41) is 4.98. The van der Waals surface area contributed by atoms with Gasteiger partial charge in [-0.1, -0.05) is 18.2 Å². The van der Waals surface area contributed by atoms with E-state index in [1.54, 1.807) is 12.1 Å². The Labute approximate surface area is 225 Å². The van der Waals surface area contributed by atoms with Crippen LogP contribution in [0.15, 0.2) is 79.1 Å². The first-order chi connectivity index (χ1) is 19.2. The number of imidazole rings is 1. The van der Waals surface area contributed by atoms with Gasteiger partial charge in [0, 0.05) is 31.4 Å². The number of ether oxygens (including phenoxy) is 1. The van der Waals surface area contributed by atoms with Gasteiger partial charge < -0.3 is 14.5 Å². The van der Waals surface area contributed by atoms with Gasteiger partial charge in [-0.15, -0.1) is 5.10 Å². The molecule has 2 fully saturated rings. The maximum absolute atomic E-state index is 14.0. The predicted molar refractivity (Wildman–Crippen MR) is 148 cm³/mol. The molecule has 2 aliphatic heterocycles. The highest BCUT2D eigenvalue weighted by atomic mass is 19.1. The molecule has 7 rings (SSSR count). The summed E-state index contributed by atoms with van der Waals surface area (Å²) in [5.74, 6) is 1.58. The molecule has 9 heteroatoms. The Morgan fingerprint density at radius 2 is 1.67 bits per heavy atom. The number of hydrogen-bond acceptors (Lipinski definition) is 7. The lowest BCUT2D eigenvalue weighted by molar-refractivity contribution is 0.122. The van der Waals surface area contributed by atoms with Gasteiger partial charge in [0.05, 0.1) is 36.8 Å². The van der Waals surface area contributed by atoms with Gasteiger partial charge in [-0.05, 0) is 66.9 Å². The van der Waals surface area contributed by atoms with Gasteiger partial charge in [0.2, 0.25) is 0 Å². The zero-order valence-corrected chi connectivity index (χ0v) is 21.4. The van der Waals surface area contributed by atoms with Gasteiger partial charge in [0.1, 0.15) is 23.1 Å². The zero-order valence-electron chi connectivity index (χ0n) is 21.4. The maximum Gasteiger partial charge on any atom is 0.154 e. The molecular formula is C30H28FN7O. The van der Waals surface area contributed by atoms with Crippen LogP contribution < -0.4 is 9.80 Å². The molecule has 0 saturated carbocycles. The molecule has 0 amide bonds. The highest BCUT2D eigenvalue weighted by Gasteiger charge is 2.28. The lowest BCUT2D eigenvalue weighted by Gasteiger charge is -2.27. The smallest absolute Gasteiger partial charge is 0.154 e. The summed E-state index contributed by atoms with van der Waals surface area (Å²) in [6, 6.07) is 21.0. The fourth-order valence-electron chi connectivity index (χ4n) is 5.55. The molecule has 0 spiro atoms. The van der Waals surface area contributed by atoms with Crippen molar-refractivity contribution in [2.24, 2.45) is 0 Å². The van der Waals surface area contributed by atoms with Crippen LogP contribution in [0.5, 0.6) is 0 Å². The van der Waals surface area contributed by atoms with Crippen molar-refractivity contribution >= 4 is 17.3 Å². The Kier molecular flexibility index (Phi) is 6.13. The first-order valence-corrected chi connectivity index (χ1v) is 13.4. The van der Waals surface area contributed by atoms with E-state index < -0.39 is 0 Å². The third kappa shape index (κ3) is 4.59. The number of fused-ring (bicyclic) bond motifs is 1. The van der Waals surface area contributed by atoms with Crippen LogP contribution in [0.4, 0.5) is 16.0 Å². The Morgan fingerprint density at radius 3 is 2.51 bits per heavy atom. The van der Waals surface area contributed by atoms with Crippen LogP contribution in [-0.2, 0) is 4.74 Å². The Balaban J connectivity index is 1.19. The number of halogens is 1. The molecule has 39 heavy (non-hydrogen) atoms. The van der Waals surface area contributed by atoms with Gasteiger partial charge in [-0.2, -0.15) is 0 Å². The molecule has 6 heterocycles. The highest BCUT2D eigenvalue weighted by Crippen LogP contribution is 2.36. The summed E-state index contributed by atoms with van der Waals surface area (Å²) in [4.78, 5) is 18.7. The Bertz CT molecular complexity index is 1610. The van der Waals surface area contributed by atoms with Crippen molar-refractivity contribution in [1.82, 2.24) is 24.6 Å². The second kappa shape index (κ2) is 10.1. The van der Waals surface area contributed by atoms with Crippen molar-refractivity contribution in [3.05, 3.63) is 90.5 Å². The van der Waals surface area contributed by atoms with E-state index >= 15 is 0 Å². The van der Waals surface area contributed by atoms with Crippen LogP contribution >= 0.6 is 0 Å². The molecule has 5 aromatic rings. The lowest BCUT2D eigenvalue weighted by atomic mass is 10.0. The topological polar surface area (TPSA) is 71.7 Å². The number of rotatable bonds is 5. The fourth-order valence-corrected chi connectivity index (χ4v) is 5.55. The zero-order chi connectivity index (χ0) is 26.2. The molecule has 1 atom stereocenters. The minimum atomic E-state index is -0.212. The van der Waals surface area contributed by atoms with Crippen LogP contribution in [0.3, 0.4) is 0 Å². The summed E-state index contributed by atoms with van der Waals surface area (Å²) in [5.41, 5.74) is 5.11. The van der Waals surface area contributed by atoms with E-state index in [-0.39, 0.29) is 11.9 Å². The second-order valence-corrected chi connectivity index (χ2v) is 9.92. The number of morpholine rings is 1. The average molecular weight is 522 g/mol. The number of nitrogens with zero attached hydrogens (tertiary/aromatic N) is 7. The first kappa shape index (κ1) is 23.7. The molecule has 1 aromatic carbocycles. The minimum absolute atomic E-state index is 0.0898. The summed E-state index contributed by atoms with van der Waals surface area (Å²) in [6.45, 7) is 4.02. The van der Waals surface area contributed by atoms with Gasteiger partial charge in [-0.3, -0.25) is 0 Å². The summed E-state index contributed by atoms with van der Waals surface area (Å²) in [7, 11) is 0. The highest BCUT2D eigenvalue weighted by molar-refractivity contribution is 5.66. The van der Waals surface area contributed by atoms with E-state index in [0.717, 1.165) is 91.2 Å². The van der Waals surface area contributed by atoms with Gasteiger partial charge in [-0.25, -0.2) is 23.9 Å². The normalized spacial score (nSPS) is 17.7. The van der Waals surface area contributed by atoms with E-state index in [1.807, 2.05) is 59.4 Å². The van der Waals surface area contributed by atoms with Crippen molar-refractivity contribution in [1.29, 1.82) is 0 Å². The predicted octanol–water partition coefficient (Wildman–Crippen LogP) is 5.17. The SMILES string of the molecule is Fc1cccc(C2CCCN2c2ccc3ncc(-c4cccc(-c5ccc(N6CCOCC6)nc5)n4)n3n2)c1. The van der Waals surface area contributed by atoms with Gasteiger partial charge >= 0.3 is 0 Å². The van der Waals surface area contributed by atoms with Crippen molar-refractivity contribution in [3.8, 4) is 22.6 Å². The van der Waals surface area contributed by atoms with Crippen LogP contribution in [-0.4, -0.2) is 57.4 Å². The van der Waals surface area contributed by atoms with E-state index in [4.69, 9.17) is 14.8 Å². The fraction of sp³-hybridized carbons (Fsp3) is 0.267. The third-order valence-corrected chi connectivity index (χ3v) is 7.52. The standard InChI is InChI=1S/C30H28FN7O/c31-23-5-1-4-21(18-23)26-8-3-13-37(26)30-12-11-29-33-20-27(38(29)35-30)25-7-2-6-24(34-25)22-9-10-28(32-19-22)36-14-16-39-17-15-36/h1-2,4-7,9-12,18-20,26H,3,8,13-17H2. The monoisotopic (exact) mass is 521 g/mol. The van der Waals surface area contributed by atoms with E-state index in [0.29, 0.717) is 0 Å². The number of pyridine rings is 2. The molecule has 0 radical (unpaired) electrons. The van der Waals surface area contributed by atoms with Crippen LogP contribution in [0, 0.1) is 5.82 Å². The molecule has 4 aromatic heterocycles. The number of aromatic nitrogens is 5. The minimum Gasteiger partial charge on any atom is -0.378 e. The molecule has 0 N–H and O–H groups in total. The van der Waals surface area contributed by atoms with Crippen molar-refractivity contribution < 1.29 is 9.13 Å². The molecule has 8 nitrogen and oxygen atoms in total. The largest absolute Gasteiger partial charge is 0.378 e. The first-order valence-electron chi connectivity index (χ1n) is 13.4. The molecule has 196 valence electrons. The molecule has 1 unspecified atom stereocenters. The van der Waals surface area contributed by atoms with Crippen molar-refractivity contribution in [3.63, 3.8) is 0 Å². The quantitative estimate of drug-likeness (QED) is 0.316. The Hall–Kier alpha value is -4.37. The van der Waals surface area contributed by atoms with Crippen LogP contribution in [0.1, 0.15) is 24.4 Å². The van der Waals surface area contributed by atoms with E-state index in [1.165, 1.54) is 6.07 Å². The third-order valence-electron chi connectivity index (χ3n) is 7.52. The van der Waals surface area contributed by atoms with Crippen LogP contribution in [0.2, 0.25) is 0 Å². The van der Waals surface area contributed by atoms with E-state index in [2.05, 4.69) is 25.8 Å². The van der Waals surface area contributed by atoms with Gasteiger partial charge in [0.15, 0.2) is 5.65 Å². The summed E-state index contributed by atoms with van der Waals surface area (Å²) < 4.78 is 21.3. The van der Waals surface area contributed by atoms with Gasteiger partial charge in [0.25, 0.3) is 0 Å². The molecule has 0 bridgehead atoms. The maximum atomic E-state index is 14.0. The van der Waals surface area contributed by atoms with Crippen molar-refractivity contribution in [2.75, 3.05) is 42.6 Å². The van der Waals surface area contributed by atoms with E-state index in [9.17, 15) is 4.39 Å². The number of anilines is 2. The van der Waals surface area contributed by atoms with Crippen molar-refractivity contribution in [2.45, 2.75) is 18.9 Å². The average Bonchev–Trinajstić information content (AvgIpc) is 3.65. The lowest BCUT2D eigenvalue weighted by Crippen LogP contribution is -2.36. The molecule has 0 aliphatic carbocycles. The second-order valence-electron chi connectivity index (χ2n) is 9.92. The number of hydrogen-bond donors (Lipinski definition) is 0. The number of benzene rings is 1. The Morgan fingerprint density at radius 1 is 0.821 bits per heavy atom. The molecule has 2 saturated heterocycles. The molecular weight excluding hydrogens is 493 g/mol. The summed E-state index contributed by atoms with van der Waals surface area (Å²) in [6.07, 6.45) is 5.68. The molecule has 2 aliphatic rings.